The molecule has 0 unspecified atom stereocenters. The number of hydrogen-bond acceptors (Lipinski definition) is 5. The molecule has 0 aliphatic heterocycles. The number of ketones is 2. The average molecular weight is 317 g/mol. The maximum Gasteiger partial charge on any atom is 0.185 e. The van der Waals surface area contributed by atoms with Crippen LogP contribution in [0.25, 0.3) is 0 Å². The van der Waals surface area contributed by atoms with Crippen LogP contribution in [0.15, 0.2) is 39.4 Å². The van der Waals surface area contributed by atoms with Crippen molar-refractivity contribution in [3.63, 3.8) is 0 Å². The molecule has 1 N–H and O–H groups in total. The van der Waals surface area contributed by atoms with Crippen LogP contribution in [0.2, 0.25) is 0 Å². The highest BCUT2D eigenvalue weighted by Gasteiger charge is 2.30. The van der Waals surface area contributed by atoms with Gasteiger partial charge in [-0.1, -0.05) is 0 Å². The zero-order valence-electron chi connectivity index (χ0n) is 14.1. The maximum atomic E-state index is 12.6. The smallest absolute Gasteiger partial charge is 0.185 e. The number of carbonyl (C=O) groups excluding carboxylic acids is 2. The molecule has 1 aliphatic rings. The van der Waals surface area contributed by atoms with Crippen molar-refractivity contribution in [2.45, 2.75) is 59.0 Å². The number of carbonyl (C=O) groups is 2. The van der Waals surface area contributed by atoms with Crippen molar-refractivity contribution in [1.29, 1.82) is 0 Å². The molecule has 1 aromatic rings. The second-order valence-corrected chi connectivity index (χ2v) is 6.66. The SMILES string of the molecule is CC1=C(C)C(=O)C(CCC(C)(C)O)=C(CCc2cocn2)C1=O. The van der Waals surface area contributed by atoms with Crippen LogP contribution < -0.4 is 0 Å². The number of aromatic nitrogens is 1. The van der Waals surface area contributed by atoms with Crippen molar-refractivity contribution in [1.82, 2.24) is 4.98 Å². The van der Waals surface area contributed by atoms with Crippen molar-refractivity contribution in [2.75, 3.05) is 0 Å². The highest BCUT2D eigenvalue weighted by molar-refractivity contribution is 6.24. The van der Waals surface area contributed by atoms with Crippen molar-refractivity contribution in [2.24, 2.45) is 0 Å². The van der Waals surface area contributed by atoms with E-state index in [9.17, 15) is 14.7 Å². The Morgan fingerprint density at radius 1 is 1.04 bits per heavy atom. The summed E-state index contributed by atoms with van der Waals surface area (Å²) in [5.41, 5.74) is 1.97. The van der Waals surface area contributed by atoms with Gasteiger partial charge in [-0.3, -0.25) is 9.59 Å². The van der Waals surface area contributed by atoms with E-state index in [2.05, 4.69) is 4.98 Å². The second-order valence-electron chi connectivity index (χ2n) is 6.66. The van der Waals surface area contributed by atoms with Crippen molar-refractivity contribution < 1.29 is 19.1 Å². The van der Waals surface area contributed by atoms with Gasteiger partial charge >= 0.3 is 0 Å². The molecule has 0 saturated carbocycles. The summed E-state index contributed by atoms with van der Waals surface area (Å²) in [4.78, 5) is 29.2. The van der Waals surface area contributed by atoms with Gasteiger partial charge in [-0.05, 0) is 53.4 Å². The Balaban J connectivity index is 2.28. The predicted octanol–water partition coefficient (Wildman–Crippen LogP) is 2.94. The van der Waals surface area contributed by atoms with Gasteiger partial charge < -0.3 is 9.52 Å². The first kappa shape index (κ1) is 17.3. The lowest BCUT2D eigenvalue weighted by Gasteiger charge is -2.23. The number of rotatable bonds is 6. The molecule has 0 radical (unpaired) electrons. The summed E-state index contributed by atoms with van der Waals surface area (Å²) < 4.78 is 4.94. The van der Waals surface area contributed by atoms with Crippen LogP contribution in [-0.4, -0.2) is 27.3 Å². The first-order valence-electron chi connectivity index (χ1n) is 7.79. The summed E-state index contributed by atoms with van der Waals surface area (Å²) in [5, 5.41) is 9.93. The quantitative estimate of drug-likeness (QED) is 0.816. The third-order valence-electron chi connectivity index (χ3n) is 4.26. The molecule has 0 atom stereocenters. The zero-order chi connectivity index (χ0) is 17.2. The molecule has 124 valence electrons. The van der Waals surface area contributed by atoms with Crippen molar-refractivity contribution >= 4 is 11.6 Å². The van der Waals surface area contributed by atoms with E-state index < -0.39 is 5.60 Å². The third-order valence-corrected chi connectivity index (χ3v) is 4.26. The Morgan fingerprint density at radius 3 is 2.09 bits per heavy atom. The minimum Gasteiger partial charge on any atom is -0.451 e. The van der Waals surface area contributed by atoms with Gasteiger partial charge in [0.05, 0.1) is 11.3 Å². The molecule has 0 spiro atoms. The molecule has 23 heavy (non-hydrogen) atoms. The van der Waals surface area contributed by atoms with Gasteiger partial charge in [-0.2, -0.15) is 0 Å². The third kappa shape index (κ3) is 4.05. The Hall–Kier alpha value is -2.01. The molecule has 0 bridgehead atoms. The molecule has 1 heterocycles. The van der Waals surface area contributed by atoms with E-state index in [1.165, 1.54) is 6.39 Å². The summed E-state index contributed by atoms with van der Waals surface area (Å²) in [6.45, 7) is 6.78. The van der Waals surface area contributed by atoms with Crippen LogP contribution in [0.5, 0.6) is 0 Å². The Kier molecular flexibility index (Phi) is 5.00. The van der Waals surface area contributed by atoms with E-state index in [0.29, 0.717) is 48.0 Å². The standard InChI is InChI=1S/C18H23NO4/c1-11-12(2)17(21)15(7-8-18(3,4)22)14(16(11)20)6-5-13-9-23-10-19-13/h9-10,22H,5-8H2,1-4H3. The summed E-state index contributed by atoms with van der Waals surface area (Å²) in [7, 11) is 0. The lowest BCUT2D eigenvalue weighted by atomic mass is 9.80. The molecule has 5 nitrogen and oxygen atoms in total. The number of Topliss-reactive ketones (excluding diaryl/α,β-unsaturated/α-hetero) is 2. The van der Waals surface area contributed by atoms with Crippen LogP contribution in [0.1, 0.15) is 52.7 Å². The van der Waals surface area contributed by atoms with Gasteiger partial charge in [-0.15, -0.1) is 0 Å². The lowest BCUT2D eigenvalue weighted by Crippen LogP contribution is -2.25. The summed E-state index contributed by atoms with van der Waals surface area (Å²) in [5.74, 6) is -0.155. The summed E-state index contributed by atoms with van der Waals surface area (Å²) in [6, 6.07) is 0. The summed E-state index contributed by atoms with van der Waals surface area (Å²) in [6.07, 6.45) is 4.71. The van der Waals surface area contributed by atoms with Gasteiger partial charge in [-0.25, -0.2) is 4.98 Å². The first-order valence-corrected chi connectivity index (χ1v) is 7.79. The monoisotopic (exact) mass is 317 g/mol. The van der Waals surface area contributed by atoms with E-state index in [1.54, 1.807) is 34.0 Å². The number of oxazole rings is 1. The normalized spacial score (nSPS) is 16.6. The number of allylic oxidation sites excluding steroid dienone is 4. The molecule has 2 rings (SSSR count). The van der Waals surface area contributed by atoms with E-state index in [-0.39, 0.29) is 11.6 Å². The van der Waals surface area contributed by atoms with Crippen LogP contribution in [0, 0.1) is 0 Å². The van der Waals surface area contributed by atoms with Crippen LogP contribution >= 0.6 is 0 Å². The molecule has 1 aliphatic carbocycles. The van der Waals surface area contributed by atoms with Gasteiger partial charge in [0.15, 0.2) is 18.0 Å². The molecule has 5 heteroatoms. The molecule has 0 amide bonds. The van der Waals surface area contributed by atoms with Crippen LogP contribution in [-0.2, 0) is 16.0 Å². The highest BCUT2D eigenvalue weighted by Crippen LogP contribution is 2.31. The minimum atomic E-state index is -0.877. The maximum absolute atomic E-state index is 12.6. The van der Waals surface area contributed by atoms with E-state index in [0.717, 1.165) is 5.69 Å². The number of aryl methyl sites for hydroxylation is 1. The molecule has 1 aromatic heterocycles. The van der Waals surface area contributed by atoms with E-state index in [4.69, 9.17) is 4.42 Å². The molecular weight excluding hydrogens is 294 g/mol. The molecule has 0 saturated heterocycles. The van der Waals surface area contributed by atoms with Gasteiger partial charge in [0.1, 0.15) is 6.26 Å². The van der Waals surface area contributed by atoms with Gasteiger partial charge in [0.25, 0.3) is 0 Å². The largest absolute Gasteiger partial charge is 0.451 e. The Morgan fingerprint density at radius 2 is 1.61 bits per heavy atom. The van der Waals surface area contributed by atoms with Gasteiger partial charge in [0.2, 0.25) is 0 Å². The zero-order valence-corrected chi connectivity index (χ0v) is 14.1. The average Bonchev–Trinajstić information content (AvgIpc) is 2.98. The fourth-order valence-electron chi connectivity index (χ4n) is 2.64. The minimum absolute atomic E-state index is 0.0728. The fraction of sp³-hybridized carbons (Fsp3) is 0.500. The highest BCUT2D eigenvalue weighted by atomic mass is 16.3. The Bertz CT molecular complexity index is 672. The van der Waals surface area contributed by atoms with E-state index >= 15 is 0 Å². The van der Waals surface area contributed by atoms with Gasteiger partial charge in [0, 0.05) is 22.3 Å². The van der Waals surface area contributed by atoms with Crippen LogP contribution in [0.4, 0.5) is 0 Å². The number of nitrogens with zero attached hydrogens (tertiary/aromatic N) is 1. The van der Waals surface area contributed by atoms with Crippen molar-refractivity contribution in [3.05, 3.63) is 40.6 Å². The molecular formula is C18H23NO4. The van der Waals surface area contributed by atoms with Crippen molar-refractivity contribution in [3.8, 4) is 0 Å². The predicted molar refractivity (Wildman–Crippen MR) is 85.8 cm³/mol. The lowest BCUT2D eigenvalue weighted by molar-refractivity contribution is -0.116. The second kappa shape index (κ2) is 6.62. The first-order chi connectivity index (χ1) is 10.7. The number of hydrogen-bond donors (Lipinski definition) is 1. The van der Waals surface area contributed by atoms with E-state index in [1.807, 2.05) is 0 Å². The fourth-order valence-corrected chi connectivity index (χ4v) is 2.64. The number of aliphatic hydroxyl groups is 1. The van der Waals surface area contributed by atoms with Crippen LogP contribution in [0.3, 0.4) is 0 Å². The molecule has 0 fully saturated rings. The Labute approximate surface area is 136 Å². The summed E-state index contributed by atoms with van der Waals surface area (Å²) >= 11 is 0. The topological polar surface area (TPSA) is 80.4 Å². The molecule has 0 aromatic carbocycles.